The Kier molecular flexibility index (Phi) is 5.21. The lowest BCUT2D eigenvalue weighted by Gasteiger charge is -2.13. The van der Waals surface area contributed by atoms with Crippen LogP contribution in [-0.4, -0.2) is 34.5 Å². The van der Waals surface area contributed by atoms with Gasteiger partial charge in [-0.1, -0.05) is 30.3 Å². The first-order chi connectivity index (χ1) is 9.40. The van der Waals surface area contributed by atoms with Gasteiger partial charge in [0.25, 0.3) is 0 Å². The number of carbonyl (C=O) groups excluding carboxylic acids is 2. The Morgan fingerprint density at radius 2 is 1.50 bits per heavy atom. The normalized spacial score (nSPS) is 11.2. The lowest BCUT2D eigenvalue weighted by Crippen LogP contribution is -2.23. The second kappa shape index (κ2) is 6.88. The second-order valence-corrected chi connectivity index (χ2v) is 3.59. The third-order valence-corrected chi connectivity index (χ3v) is 2.25. The number of ether oxygens (including phenoxy) is 2. The maximum atomic E-state index is 11.6. The molecule has 0 aromatic heterocycles. The second-order valence-electron chi connectivity index (χ2n) is 3.59. The van der Waals surface area contributed by atoms with E-state index in [9.17, 15) is 19.2 Å². The average Bonchev–Trinajstić information content (AvgIpc) is 2.35. The van der Waals surface area contributed by atoms with Gasteiger partial charge in [0.15, 0.2) is 0 Å². The molecule has 106 valence electrons. The zero-order valence-corrected chi connectivity index (χ0v) is 10.0. The van der Waals surface area contributed by atoms with Gasteiger partial charge in [-0.05, 0) is 5.56 Å². The number of benzene rings is 1. The van der Waals surface area contributed by atoms with E-state index >= 15 is 0 Å². The van der Waals surface area contributed by atoms with Crippen molar-refractivity contribution in [2.45, 2.75) is 12.3 Å². The lowest BCUT2D eigenvalue weighted by molar-refractivity contribution is -0.147. The summed E-state index contributed by atoms with van der Waals surface area (Å²) in [5.74, 6) is -3.64. The Labute approximate surface area is 112 Å². The first-order valence-corrected chi connectivity index (χ1v) is 5.33. The Balaban J connectivity index is 2.90. The first-order valence-electron chi connectivity index (χ1n) is 5.33. The third kappa shape index (κ3) is 4.77. The van der Waals surface area contributed by atoms with Gasteiger partial charge in [0.1, 0.15) is 0 Å². The van der Waals surface area contributed by atoms with Crippen molar-refractivity contribution in [2.75, 3.05) is 0 Å². The summed E-state index contributed by atoms with van der Waals surface area (Å²) in [6, 6.07) is 7.74. The van der Waals surface area contributed by atoms with E-state index in [2.05, 4.69) is 9.47 Å². The van der Waals surface area contributed by atoms with Crippen LogP contribution in [0.4, 0.5) is 9.59 Å². The van der Waals surface area contributed by atoms with Gasteiger partial charge >= 0.3 is 24.2 Å². The van der Waals surface area contributed by atoms with Crippen LogP contribution in [0, 0.1) is 0 Å². The smallest absolute Gasteiger partial charge is 0.449 e. The van der Waals surface area contributed by atoms with Crippen LogP contribution in [0.1, 0.15) is 17.9 Å². The van der Waals surface area contributed by atoms with E-state index in [0.717, 1.165) is 0 Å². The number of hydrogen-bond acceptors (Lipinski definition) is 6. The van der Waals surface area contributed by atoms with Gasteiger partial charge in [-0.2, -0.15) is 0 Å². The molecule has 0 saturated carbocycles. The Morgan fingerprint density at radius 3 is 2.00 bits per heavy atom. The molecule has 1 atom stereocenters. The quantitative estimate of drug-likeness (QED) is 0.629. The minimum Gasteiger partial charge on any atom is -0.449 e. The van der Waals surface area contributed by atoms with Crippen LogP contribution >= 0.6 is 0 Å². The van der Waals surface area contributed by atoms with Crippen molar-refractivity contribution in [3.05, 3.63) is 35.9 Å². The number of carbonyl (C=O) groups is 4. The average molecular weight is 282 g/mol. The minimum atomic E-state index is -1.82. The maximum Gasteiger partial charge on any atom is 0.513 e. The van der Waals surface area contributed by atoms with Crippen molar-refractivity contribution in [3.8, 4) is 0 Å². The van der Waals surface area contributed by atoms with Gasteiger partial charge in [-0.25, -0.2) is 9.59 Å². The van der Waals surface area contributed by atoms with E-state index in [0.29, 0.717) is 5.56 Å². The molecule has 1 unspecified atom stereocenters. The molecule has 0 radical (unpaired) electrons. The van der Waals surface area contributed by atoms with Gasteiger partial charge in [0.2, 0.25) is 0 Å². The molecule has 0 fully saturated rings. The monoisotopic (exact) mass is 282 g/mol. The molecular formula is C12H10O8. The summed E-state index contributed by atoms with van der Waals surface area (Å²) in [5.41, 5.74) is 0.307. The number of rotatable bonds is 4. The fraction of sp³-hybridized carbons (Fsp3) is 0.167. The molecule has 0 heterocycles. The van der Waals surface area contributed by atoms with E-state index in [1.807, 2.05) is 0 Å². The predicted molar refractivity (Wildman–Crippen MR) is 62.0 cm³/mol. The summed E-state index contributed by atoms with van der Waals surface area (Å²) in [7, 11) is 0. The molecule has 0 amide bonds. The van der Waals surface area contributed by atoms with Crippen LogP contribution < -0.4 is 0 Å². The van der Waals surface area contributed by atoms with Crippen molar-refractivity contribution in [2.24, 2.45) is 0 Å². The van der Waals surface area contributed by atoms with E-state index < -0.39 is 36.6 Å². The number of carboxylic acid groups (broad SMARTS) is 2. The fourth-order valence-electron chi connectivity index (χ4n) is 1.49. The molecule has 1 aromatic rings. The standard InChI is InChI=1S/C12H10O8/c13-9(19-11(15)16)6-8(10(14)20-12(17)18)7-4-2-1-3-5-7/h1-5,8H,6H2,(H,15,16)(H,17,18). The van der Waals surface area contributed by atoms with Crippen LogP contribution in [0.5, 0.6) is 0 Å². The van der Waals surface area contributed by atoms with Crippen molar-refractivity contribution < 1.29 is 38.9 Å². The fourth-order valence-corrected chi connectivity index (χ4v) is 1.49. The number of hydrogen-bond donors (Lipinski definition) is 2. The van der Waals surface area contributed by atoms with Crippen molar-refractivity contribution in [1.82, 2.24) is 0 Å². The molecule has 20 heavy (non-hydrogen) atoms. The predicted octanol–water partition coefficient (Wildman–Crippen LogP) is 1.60. The molecule has 0 aliphatic rings. The molecule has 2 N–H and O–H groups in total. The van der Waals surface area contributed by atoms with E-state index in [-0.39, 0.29) is 0 Å². The molecule has 0 spiro atoms. The van der Waals surface area contributed by atoms with Crippen molar-refractivity contribution >= 4 is 24.2 Å². The summed E-state index contributed by atoms with van der Waals surface area (Å²) >= 11 is 0. The van der Waals surface area contributed by atoms with Gasteiger partial charge in [-0.3, -0.25) is 9.59 Å². The zero-order chi connectivity index (χ0) is 15.1. The van der Waals surface area contributed by atoms with Crippen LogP contribution in [0.25, 0.3) is 0 Å². The molecule has 8 heteroatoms. The number of esters is 2. The summed E-state index contributed by atoms with van der Waals surface area (Å²) in [4.78, 5) is 43.5. The van der Waals surface area contributed by atoms with E-state index in [1.54, 1.807) is 18.2 Å². The SMILES string of the molecule is O=C(O)OC(=O)CC(C(=O)OC(=O)O)c1ccccc1. The highest BCUT2D eigenvalue weighted by Gasteiger charge is 2.28. The topological polar surface area (TPSA) is 127 Å². The van der Waals surface area contributed by atoms with Gasteiger partial charge in [-0.15, -0.1) is 0 Å². The Morgan fingerprint density at radius 1 is 0.950 bits per heavy atom. The van der Waals surface area contributed by atoms with Crippen molar-refractivity contribution in [1.29, 1.82) is 0 Å². The summed E-state index contributed by atoms with van der Waals surface area (Å²) in [6.07, 6.45) is -4.28. The third-order valence-electron chi connectivity index (χ3n) is 2.25. The first kappa shape index (κ1) is 15.2. The van der Waals surface area contributed by atoms with Crippen LogP contribution in [0.2, 0.25) is 0 Å². The highest BCUT2D eigenvalue weighted by Crippen LogP contribution is 2.22. The van der Waals surface area contributed by atoms with Gasteiger partial charge in [0.05, 0.1) is 12.3 Å². The zero-order valence-electron chi connectivity index (χ0n) is 10.0. The molecule has 0 saturated heterocycles. The molecule has 8 nitrogen and oxygen atoms in total. The molecule has 0 aliphatic heterocycles. The maximum absolute atomic E-state index is 11.6. The van der Waals surface area contributed by atoms with Gasteiger partial charge in [0, 0.05) is 0 Å². The van der Waals surface area contributed by atoms with E-state index in [1.165, 1.54) is 12.1 Å². The molecule has 1 rings (SSSR count). The van der Waals surface area contributed by atoms with Crippen LogP contribution in [-0.2, 0) is 19.1 Å². The Bertz CT molecular complexity index is 522. The van der Waals surface area contributed by atoms with Gasteiger partial charge < -0.3 is 19.7 Å². The minimum absolute atomic E-state index is 0.307. The highest BCUT2D eigenvalue weighted by molar-refractivity contribution is 5.91. The summed E-state index contributed by atoms with van der Waals surface area (Å²) < 4.78 is 7.88. The van der Waals surface area contributed by atoms with E-state index in [4.69, 9.17) is 10.2 Å². The largest absolute Gasteiger partial charge is 0.513 e. The summed E-state index contributed by atoms with van der Waals surface area (Å²) in [5, 5.41) is 16.7. The van der Waals surface area contributed by atoms with Crippen LogP contribution in [0.3, 0.4) is 0 Å². The molecule has 0 bridgehead atoms. The Hall–Kier alpha value is -2.90. The molecule has 0 aliphatic carbocycles. The summed E-state index contributed by atoms with van der Waals surface area (Å²) in [6.45, 7) is 0. The van der Waals surface area contributed by atoms with Crippen LogP contribution in [0.15, 0.2) is 30.3 Å². The molecule has 1 aromatic carbocycles. The lowest BCUT2D eigenvalue weighted by atomic mass is 9.96. The van der Waals surface area contributed by atoms with Crippen molar-refractivity contribution in [3.63, 3.8) is 0 Å². The molecular weight excluding hydrogens is 272 g/mol. The highest BCUT2D eigenvalue weighted by atomic mass is 16.7.